The van der Waals surface area contributed by atoms with E-state index in [4.69, 9.17) is 0 Å². The lowest BCUT2D eigenvalue weighted by Crippen LogP contribution is -2.12. The van der Waals surface area contributed by atoms with Crippen molar-refractivity contribution in [3.8, 4) is 0 Å². The molecule has 0 spiro atoms. The molecular formula is C12H12N4O3. The standard InChI is InChI=1S/C12H12N4O3/c1-2-9-7-11(15-14-9)13-12(17)8-4-3-5-10(6-8)16(18)19/h3-7H,2H2,1H3,(H2,13,14,15,17). The van der Waals surface area contributed by atoms with Crippen molar-refractivity contribution < 1.29 is 9.72 Å². The molecule has 0 unspecified atom stereocenters. The van der Waals surface area contributed by atoms with Crippen molar-refractivity contribution in [2.45, 2.75) is 13.3 Å². The smallest absolute Gasteiger partial charge is 0.270 e. The van der Waals surface area contributed by atoms with E-state index in [1.807, 2.05) is 6.92 Å². The number of aromatic nitrogens is 2. The topological polar surface area (TPSA) is 101 Å². The molecule has 7 nitrogen and oxygen atoms in total. The summed E-state index contributed by atoms with van der Waals surface area (Å²) in [4.78, 5) is 22.0. The lowest BCUT2D eigenvalue weighted by Gasteiger charge is -2.01. The summed E-state index contributed by atoms with van der Waals surface area (Å²) >= 11 is 0. The van der Waals surface area contributed by atoms with Gasteiger partial charge in [0.1, 0.15) is 0 Å². The molecule has 19 heavy (non-hydrogen) atoms. The van der Waals surface area contributed by atoms with Crippen LogP contribution in [-0.2, 0) is 6.42 Å². The van der Waals surface area contributed by atoms with Crippen LogP contribution in [-0.4, -0.2) is 21.0 Å². The molecular weight excluding hydrogens is 248 g/mol. The van der Waals surface area contributed by atoms with Crippen LogP contribution in [0.1, 0.15) is 23.0 Å². The number of carbonyl (C=O) groups is 1. The summed E-state index contributed by atoms with van der Waals surface area (Å²) in [5, 5.41) is 19.9. The number of H-pyrrole nitrogens is 1. The Morgan fingerprint density at radius 3 is 2.89 bits per heavy atom. The van der Waals surface area contributed by atoms with Gasteiger partial charge >= 0.3 is 0 Å². The van der Waals surface area contributed by atoms with Gasteiger partial charge in [-0.05, 0) is 12.5 Å². The molecule has 0 fully saturated rings. The Morgan fingerprint density at radius 1 is 1.47 bits per heavy atom. The number of anilines is 1. The molecule has 0 saturated heterocycles. The first kappa shape index (κ1) is 12.7. The van der Waals surface area contributed by atoms with Gasteiger partial charge in [-0.2, -0.15) is 5.10 Å². The van der Waals surface area contributed by atoms with Gasteiger partial charge in [-0.3, -0.25) is 20.0 Å². The van der Waals surface area contributed by atoms with Crippen LogP contribution in [0.15, 0.2) is 30.3 Å². The van der Waals surface area contributed by atoms with Gasteiger partial charge in [-0.15, -0.1) is 0 Å². The van der Waals surface area contributed by atoms with Crippen molar-refractivity contribution in [3.05, 3.63) is 51.7 Å². The number of aromatic amines is 1. The van der Waals surface area contributed by atoms with Gasteiger partial charge in [0.2, 0.25) is 0 Å². The zero-order chi connectivity index (χ0) is 13.8. The zero-order valence-electron chi connectivity index (χ0n) is 10.2. The number of carbonyl (C=O) groups excluding carboxylic acids is 1. The summed E-state index contributed by atoms with van der Waals surface area (Å²) in [5.41, 5.74) is 0.994. The molecule has 1 amide bonds. The number of aryl methyl sites for hydroxylation is 1. The Morgan fingerprint density at radius 2 is 2.26 bits per heavy atom. The number of nitro groups is 1. The van der Waals surface area contributed by atoms with E-state index in [2.05, 4.69) is 15.5 Å². The third-order valence-electron chi connectivity index (χ3n) is 2.57. The maximum absolute atomic E-state index is 11.9. The highest BCUT2D eigenvalue weighted by Crippen LogP contribution is 2.14. The Balaban J connectivity index is 2.15. The van der Waals surface area contributed by atoms with Crippen molar-refractivity contribution in [2.75, 3.05) is 5.32 Å². The van der Waals surface area contributed by atoms with Crippen molar-refractivity contribution in [2.24, 2.45) is 0 Å². The molecule has 2 rings (SSSR count). The average molecular weight is 260 g/mol. The van der Waals surface area contributed by atoms with E-state index >= 15 is 0 Å². The molecule has 0 radical (unpaired) electrons. The predicted octanol–water partition coefficient (Wildman–Crippen LogP) is 2.13. The van der Waals surface area contributed by atoms with E-state index in [-0.39, 0.29) is 11.3 Å². The first-order valence-electron chi connectivity index (χ1n) is 5.70. The van der Waals surface area contributed by atoms with Gasteiger partial charge in [0.15, 0.2) is 5.82 Å². The minimum absolute atomic E-state index is 0.121. The van der Waals surface area contributed by atoms with Crippen molar-refractivity contribution in [3.63, 3.8) is 0 Å². The maximum atomic E-state index is 11.9. The average Bonchev–Trinajstić information content (AvgIpc) is 2.86. The fourth-order valence-electron chi connectivity index (χ4n) is 1.56. The number of amides is 1. The third-order valence-corrected chi connectivity index (χ3v) is 2.57. The molecule has 7 heteroatoms. The second-order valence-corrected chi connectivity index (χ2v) is 3.89. The quantitative estimate of drug-likeness (QED) is 0.649. The first-order valence-corrected chi connectivity index (χ1v) is 5.70. The van der Waals surface area contributed by atoms with Gasteiger partial charge < -0.3 is 5.32 Å². The number of nitrogens with one attached hydrogen (secondary N) is 2. The van der Waals surface area contributed by atoms with Crippen LogP contribution in [0.3, 0.4) is 0 Å². The molecule has 2 N–H and O–H groups in total. The zero-order valence-corrected chi connectivity index (χ0v) is 10.2. The molecule has 0 atom stereocenters. The van der Waals surface area contributed by atoms with Crippen LogP contribution < -0.4 is 5.32 Å². The molecule has 98 valence electrons. The maximum Gasteiger partial charge on any atom is 0.270 e. The Hall–Kier alpha value is -2.70. The molecule has 0 aliphatic heterocycles. The van der Waals surface area contributed by atoms with Crippen LogP contribution in [0.5, 0.6) is 0 Å². The van der Waals surface area contributed by atoms with E-state index in [0.717, 1.165) is 12.1 Å². The van der Waals surface area contributed by atoms with E-state index in [0.29, 0.717) is 5.82 Å². The van der Waals surface area contributed by atoms with E-state index in [1.54, 1.807) is 6.07 Å². The van der Waals surface area contributed by atoms with Crippen molar-refractivity contribution >= 4 is 17.4 Å². The second kappa shape index (κ2) is 5.30. The number of non-ortho nitro benzene ring substituents is 1. The fraction of sp³-hybridized carbons (Fsp3) is 0.167. The minimum Gasteiger partial charge on any atom is -0.305 e. The molecule has 1 aromatic heterocycles. The highest BCUT2D eigenvalue weighted by molar-refractivity contribution is 6.04. The second-order valence-electron chi connectivity index (χ2n) is 3.89. The molecule has 0 aliphatic carbocycles. The van der Waals surface area contributed by atoms with Crippen LogP contribution in [0, 0.1) is 10.1 Å². The number of hydrogen-bond donors (Lipinski definition) is 2. The Labute approximate surface area is 108 Å². The predicted molar refractivity (Wildman–Crippen MR) is 69.0 cm³/mol. The molecule has 0 aliphatic rings. The van der Waals surface area contributed by atoms with Crippen molar-refractivity contribution in [1.29, 1.82) is 0 Å². The van der Waals surface area contributed by atoms with Gasteiger partial charge in [-0.25, -0.2) is 0 Å². The molecule has 1 heterocycles. The number of nitro benzene ring substituents is 1. The number of nitrogens with zero attached hydrogens (tertiary/aromatic N) is 2. The van der Waals surface area contributed by atoms with E-state index in [9.17, 15) is 14.9 Å². The lowest BCUT2D eigenvalue weighted by atomic mass is 10.2. The van der Waals surface area contributed by atoms with E-state index < -0.39 is 10.8 Å². The summed E-state index contributed by atoms with van der Waals surface area (Å²) in [7, 11) is 0. The monoisotopic (exact) mass is 260 g/mol. The fourth-order valence-corrected chi connectivity index (χ4v) is 1.56. The summed E-state index contributed by atoms with van der Waals surface area (Å²) in [6, 6.07) is 7.25. The SMILES string of the molecule is CCc1cc(NC(=O)c2cccc([N+](=O)[O-])c2)n[nH]1. The summed E-state index contributed by atoms with van der Waals surface area (Å²) in [6.07, 6.45) is 0.777. The van der Waals surface area contributed by atoms with E-state index in [1.165, 1.54) is 24.3 Å². The highest BCUT2D eigenvalue weighted by Gasteiger charge is 2.12. The van der Waals surface area contributed by atoms with Gasteiger partial charge in [0.25, 0.3) is 11.6 Å². The normalized spacial score (nSPS) is 10.2. The van der Waals surface area contributed by atoms with Gasteiger partial charge in [-0.1, -0.05) is 13.0 Å². The summed E-state index contributed by atoms with van der Waals surface area (Å²) in [5.74, 6) is -0.0359. The van der Waals surface area contributed by atoms with Crippen molar-refractivity contribution in [1.82, 2.24) is 10.2 Å². The van der Waals surface area contributed by atoms with Crippen LogP contribution >= 0.6 is 0 Å². The molecule has 2 aromatic rings. The minimum atomic E-state index is -0.541. The third kappa shape index (κ3) is 2.95. The molecule has 0 bridgehead atoms. The number of benzene rings is 1. The van der Waals surface area contributed by atoms with Crippen LogP contribution in [0.25, 0.3) is 0 Å². The number of rotatable bonds is 4. The molecule has 1 aromatic carbocycles. The van der Waals surface area contributed by atoms with Gasteiger partial charge in [0, 0.05) is 29.5 Å². The van der Waals surface area contributed by atoms with Gasteiger partial charge in [0.05, 0.1) is 4.92 Å². The van der Waals surface area contributed by atoms with Crippen LogP contribution in [0.4, 0.5) is 11.5 Å². The summed E-state index contributed by atoms with van der Waals surface area (Å²) < 4.78 is 0. The number of hydrogen-bond acceptors (Lipinski definition) is 4. The largest absolute Gasteiger partial charge is 0.305 e. The van der Waals surface area contributed by atoms with Crippen LogP contribution in [0.2, 0.25) is 0 Å². The first-order chi connectivity index (χ1) is 9.10. The Kier molecular flexibility index (Phi) is 3.56. The summed E-state index contributed by atoms with van der Waals surface area (Å²) in [6.45, 7) is 1.96. The highest BCUT2D eigenvalue weighted by atomic mass is 16.6. The Bertz CT molecular complexity index is 621. The molecule has 0 saturated carbocycles. The lowest BCUT2D eigenvalue weighted by molar-refractivity contribution is -0.384.